The second-order valence-electron chi connectivity index (χ2n) is 9.13. The van der Waals surface area contributed by atoms with E-state index < -0.39 is 0 Å². The topological polar surface area (TPSA) is 78.1 Å². The number of hydrogen-bond donors (Lipinski definition) is 2. The van der Waals surface area contributed by atoms with E-state index in [1.165, 1.54) is 28.8 Å². The molecule has 160 valence electrons. The summed E-state index contributed by atoms with van der Waals surface area (Å²) in [5.74, 6) is 0.774. The Hall–Kier alpha value is -2.51. The molecule has 2 saturated carbocycles. The van der Waals surface area contributed by atoms with Gasteiger partial charge in [-0.2, -0.15) is 0 Å². The van der Waals surface area contributed by atoms with E-state index in [-0.39, 0.29) is 11.5 Å². The number of carbonyl (C=O) groups is 1. The number of thiophene rings is 1. The van der Waals surface area contributed by atoms with Crippen molar-refractivity contribution in [2.24, 2.45) is 0 Å². The van der Waals surface area contributed by atoms with Gasteiger partial charge in [0, 0.05) is 29.1 Å². The molecule has 0 spiro atoms. The first-order valence-corrected chi connectivity index (χ1v) is 12.1. The van der Waals surface area contributed by atoms with Crippen LogP contribution in [0, 0.1) is 0 Å². The van der Waals surface area contributed by atoms with E-state index in [9.17, 15) is 9.59 Å². The molecule has 3 aliphatic rings. The van der Waals surface area contributed by atoms with Crippen LogP contribution in [0.3, 0.4) is 0 Å². The number of aryl methyl sites for hydroxylation is 2. The number of amides is 1. The Labute approximate surface area is 184 Å². The average Bonchev–Trinajstić information content (AvgIpc) is 3.67. The molecule has 2 aromatic heterocycles. The standard InChI is InChI=1S/C24H26N4O2S/c29-22(25-16-8-9-16)15-6-4-14(5-7-15)12-28(17-10-11-17)13-20-26-23(30)21-18-2-1-3-19(18)31-24(21)27-20/h4-7,16-17H,1-3,8-13H2,(H,25,29)(H,26,27,30). The van der Waals surface area contributed by atoms with Crippen LogP contribution in [0.1, 0.15) is 64.3 Å². The number of hydrogen-bond acceptors (Lipinski definition) is 5. The fourth-order valence-corrected chi connectivity index (χ4v) is 5.84. The van der Waals surface area contributed by atoms with Crippen LogP contribution in [0.4, 0.5) is 0 Å². The van der Waals surface area contributed by atoms with Crippen LogP contribution in [0.5, 0.6) is 0 Å². The van der Waals surface area contributed by atoms with Gasteiger partial charge in [-0.15, -0.1) is 11.3 Å². The Morgan fingerprint density at radius 1 is 1.13 bits per heavy atom. The minimum atomic E-state index is 0.0150. The predicted octanol–water partition coefficient (Wildman–Crippen LogP) is 3.53. The highest BCUT2D eigenvalue weighted by Crippen LogP contribution is 2.35. The van der Waals surface area contributed by atoms with Gasteiger partial charge in [-0.25, -0.2) is 4.98 Å². The third-order valence-electron chi connectivity index (χ3n) is 6.55. The normalized spacial score (nSPS) is 18.0. The number of aromatic nitrogens is 2. The second kappa shape index (κ2) is 7.57. The maximum Gasteiger partial charge on any atom is 0.259 e. The first-order chi connectivity index (χ1) is 15.1. The lowest BCUT2D eigenvalue weighted by molar-refractivity contribution is 0.0951. The van der Waals surface area contributed by atoms with Crippen molar-refractivity contribution < 1.29 is 4.79 Å². The van der Waals surface area contributed by atoms with Crippen molar-refractivity contribution in [2.45, 2.75) is 70.1 Å². The summed E-state index contributed by atoms with van der Waals surface area (Å²) in [4.78, 5) is 37.5. The molecule has 7 heteroatoms. The number of carbonyl (C=O) groups excluding carboxylic acids is 1. The molecule has 1 amide bonds. The van der Waals surface area contributed by atoms with Gasteiger partial charge in [0.2, 0.25) is 0 Å². The van der Waals surface area contributed by atoms with Gasteiger partial charge >= 0.3 is 0 Å². The van der Waals surface area contributed by atoms with Crippen LogP contribution in [-0.2, 0) is 25.9 Å². The van der Waals surface area contributed by atoms with Crippen LogP contribution in [-0.4, -0.2) is 32.9 Å². The molecule has 2 N–H and O–H groups in total. The highest BCUT2D eigenvalue weighted by molar-refractivity contribution is 7.18. The van der Waals surface area contributed by atoms with Crippen molar-refractivity contribution >= 4 is 27.5 Å². The molecule has 0 atom stereocenters. The number of rotatable bonds is 7. The maximum atomic E-state index is 12.8. The van der Waals surface area contributed by atoms with Crippen LogP contribution in [0.15, 0.2) is 29.1 Å². The zero-order valence-corrected chi connectivity index (χ0v) is 18.3. The Balaban J connectivity index is 1.19. The number of nitrogens with one attached hydrogen (secondary N) is 2. The lowest BCUT2D eigenvalue weighted by Crippen LogP contribution is -2.28. The molecule has 0 aliphatic heterocycles. The summed E-state index contributed by atoms with van der Waals surface area (Å²) >= 11 is 1.70. The van der Waals surface area contributed by atoms with E-state index in [2.05, 4.69) is 15.2 Å². The molecule has 0 radical (unpaired) electrons. The van der Waals surface area contributed by atoms with E-state index in [1.807, 2.05) is 24.3 Å². The quantitative estimate of drug-likeness (QED) is 0.596. The summed E-state index contributed by atoms with van der Waals surface area (Å²) in [6.07, 6.45) is 7.78. The van der Waals surface area contributed by atoms with Gasteiger partial charge in [0.1, 0.15) is 10.7 Å². The van der Waals surface area contributed by atoms with Gasteiger partial charge in [-0.1, -0.05) is 12.1 Å². The van der Waals surface area contributed by atoms with Gasteiger partial charge in [0.05, 0.1) is 11.9 Å². The van der Waals surface area contributed by atoms with Crippen molar-refractivity contribution in [2.75, 3.05) is 0 Å². The predicted molar refractivity (Wildman–Crippen MR) is 121 cm³/mol. The number of H-pyrrole nitrogens is 1. The first-order valence-electron chi connectivity index (χ1n) is 11.3. The largest absolute Gasteiger partial charge is 0.349 e. The zero-order valence-electron chi connectivity index (χ0n) is 17.4. The van der Waals surface area contributed by atoms with E-state index >= 15 is 0 Å². The molecular weight excluding hydrogens is 408 g/mol. The Bertz CT molecular complexity index is 1200. The Morgan fingerprint density at radius 3 is 2.68 bits per heavy atom. The van der Waals surface area contributed by atoms with Crippen LogP contribution >= 0.6 is 11.3 Å². The number of aromatic amines is 1. The lowest BCUT2D eigenvalue weighted by atomic mass is 10.1. The molecule has 0 saturated heterocycles. The lowest BCUT2D eigenvalue weighted by Gasteiger charge is -2.21. The molecule has 1 aromatic carbocycles. The highest BCUT2D eigenvalue weighted by Gasteiger charge is 2.30. The zero-order chi connectivity index (χ0) is 20.9. The third-order valence-corrected chi connectivity index (χ3v) is 7.74. The summed E-state index contributed by atoms with van der Waals surface area (Å²) in [7, 11) is 0. The van der Waals surface area contributed by atoms with Crippen molar-refractivity contribution in [1.82, 2.24) is 20.2 Å². The van der Waals surface area contributed by atoms with Crippen molar-refractivity contribution in [3.8, 4) is 0 Å². The molecule has 2 heterocycles. The molecular formula is C24H26N4O2S. The molecule has 31 heavy (non-hydrogen) atoms. The number of fused-ring (bicyclic) bond motifs is 3. The van der Waals surface area contributed by atoms with Crippen LogP contribution in [0.2, 0.25) is 0 Å². The summed E-state index contributed by atoms with van der Waals surface area (Å²) in [6.45, 7) is 1.43. The minimum absolute atomic E-state index is 0.0150. The molecule has 6 nitrogen and oxygen atoms in total. The molecule has 0 unspecified atom stereocenters. The number of benzene rings is 1. The summed E-state index contributed by atoms with van der Waals surface area (Å²) in [5, 5.41) is 3.85. The molecule has 2 fully saturated rings. The fourth-order valence-electron chi connectivity index (χ4n) is 4.56. The maximum absolute atomic E-state index is 12.8. The van der Waals surface area contributed by atoms with E-state index in [0.717, 1.165) is 60.3 Å². The number of nitrogens with zero attached hydrogens (tertiary/aromatic N) is 2. The van der Waals surface area contributed by atoms with Crippen LogP contribution in [0.25, 0.3) is 10.2 Å². The highest BCUT2D eigenvalue weighted by atomic mass is 32.1. The van der Waals surface area contributed by atoms with E-state index in [1.54, 1.807) is 11.3 Å². The summed E-state index contributed by atoms with van der Waals surface area (Å²) < 4.78 is 0. The fraction of sp³-hybridized carbons (Fsp3) is 0.458. The summed E-state index contributed by atoms with van der Waals surface area (Å²) in [5.41, 5.74) is 3.13. The van der Waals surface area contributed by atoms with Crippen molar-refractivity contribution in [1.29, 1.82) is 0 Å². The Morgan fingerprint density at radius 2 is 1.94 bits per heavy atom. The van der Waals surface area contributed by atoms with E-state index in [0.29, 0.717) is 18.6 Å². The monoisotopic (exact) mass is 434 g/mol. The van der Waals surface area contributed by atoms with Gasteiger partial charge in [-0.05, 0) is 68.2 Å². The van der Waals surface area contributed by atoms with Gasteiger partial charge < -0.3 is 10.3 Å². The van der Waals surface area contributed by atoms with Crippen LogP contribution < -0.4 is 10.9 Å². The molecule has 6 rings (SSSR count). The summed E-state index contributed by atoms with van der Waals surface area (Å²) in [6, 6.07) is 8.82. The second-order valence-corrected chi connectivity index (χ2v) is 10.2. The average molecular weight is 435 g/mol. The van der Waals surface area contributed by atoms with Gasteiger partial charge in [0.25, 0.3) is 11.5 Å². The molecule has 3 aromatic rings. The Kier molecular flexibility index (Phi) is 4.69. The van der Waals surface area contributed by atoms with Gasteiger partial charge in [-0.3, -0.25) is 14.5 Å². The minimum Gasteiger partial charge on any atom is -0.349 e. The first kappa shape index (κ1) is 19.2. The SMILES string of the molecule is O=C(NC1CC1)c1ccc(CN(Cc2nc3sc4c(c3c(=O)[nH]2)CCC4)C2CC2)cc1. The van der Waals surface area contributed by atoms with Crippen molar-refractivity contribution in [3.63, 3.8) is 0 Å². The molecule has 3 aliphatic carbocycles. The van der Waals surface area contributed by atoms with E-state index in [4.69, 9.17) is 4.98 Å². The third kappa shape index (κ3) is 3.92. The smallest absolute Gasteiger partial charge is 0.259 e. The van der Waals surface area contributed by atoms with Gasteiger partial charge in [0.15, 0.2) is 0 Å². The molecule has 0 bridgehead atoms. The van der Waals surface area contributed by atoms with Crippen molar-refractivity contribution in [3.05, 3.63) is 62.0 Å².